The summed E-state index contributed by atoms with van der Waals surface area (Å²) in [6.07, 6.45) is -0.752. The van der Waals surface area contributed by atoms with Gasteiger partial charge in [0.15, 0.2) is 0 Å². The number of allylic oxidation sites excluding steroid dienone is 1. The lowest BCUT2D eigenvalue weighted by Gasteiger charge is -2.26. The number of amides is 2. The number of imide groups is 1. The van der Waals surface area contributed by atoms with E-state index in [1.54, 1.807) is 6.92 Å². The quantitative estimate of drug-likeness (QED) is 0.757. The van der Waals surface area contributed by atoms with E-state index in [9.17, 15) is 14.7 Å². The van der Waals surface area contributed by atoms with E-state index in [1.165, 1.54) is 0 Å². The molecule has 0 aliphatic carbocycles. The normalized spacial score (nSPS) is 20.2. The molecule has 0 unspecified atom stereocenters. The molecule has 1 fully saturated rings. The molecular formula is C13H21NO4. The fourth-order valence-corrected chi connectivity index (χ4v) is 2.15. The van der Waals surface area contributed by atoms with Crippen LogP contribution in [0.2, 0.25) is 0 Å². The molecule has 5 nitrogen and oxygen atoms in total. The van der Waals surface area contributed by atoms with Gasteiger partial charge in [-0.25, -0.2) is 9.69 Å². The summed E-state index contributed by atoms with van der Waals surface area (Å²) in [6.45, 7) is 9.67. The van der Waals surface area contributed by atoms with Crippen molar-refractivity contribution in [2.24, 2.45) is 11.8 Å². The summed E-state index contributed by atoms with van der Waals surface area (Å²) in [6, 6.07) is 0. The fourth-order valence-electron chi connectivity index (χ4n) is 2.15. The summed E-state index contributed by atoms with van der Waals surface area (Å²) in [5.41, 5.74) is 0.960. The van der Waals surface area contributed by atoms with Crippen LogP contribution >= 0.6 is 0 Å². The zero-order chi connectivity index (χ0) is 13.9. The predicted molar refractivity (Wildman–Crippen MR) is 66.8 cm³/mol. The van der Waals surface area contributed by atoms with Gasteiger partial charge >= 0.3 is 6.09 Å². The van der Waals surface area contributed by atoms with E-state index < -0.39 is 18.1 Å². The Balaban J connectivity index is 2.62. The highest BCUT2D eigenvalue weighted by molar-refractivity contribution is 5.94. The van der Waals surface area contributed by atoms with Gasteiger partial charge in [-0.3, -0.25) is 4.79 Å². The molecule has 0 radical (unpaired) electrons. The predicted octanol–water partition coefficient (Wildman–Crippen LogP) is 1.56. The Hall–Kier alpha value is -1.36. The molecule has 0 spiro atoms. The van der Waals surface area contributed by atoms with Gasteiger partial charge in [0, 0.05) is 0 Å². The Bertz CT molecular complexity index is 353. The molecule has 1 N–H and O–H groups in total. The van der Waals surface area contributed by atoms with Crippen LogP contribution in [-0.2, 0) is 9.53 Å². The summed E-state index contributed by atoms with van der Waals surface area (Å²) in [4.78, 5) is 24.4. The van der Waals surface area contributed by atoms with E-state index >= 15 is 0 Å². The molecule has 102 valence electrons. The summed E-state index contributed by atoms with van der Waals surface area (Å²) in [5, 5.41) is 10.1. The van der Waals surface area contributed by atoms with Crippen LogP contribution in [0.3, 0.4) is 0 Å². The molecule has 2 amide bonds. The zero-order valence-electron chi connectivity index (χ0n) is 11.2. The molecule has 1 rings (SSSR count). The minimum atomic E-state index is -0.789. The van der Waals surface area contributed by atoms with Crippen molar-refractivity contribution in [2.75, 3.05) is 13.2 Å². The molecule has 3 atom stereocenters. The van der Waals surface area contributed by atoms with E-state index in [-0.39, 0.29) is 25.0 Å². The van der Waals surface area contributed by atoms with Crippen molar-refractivity contribution in [3.05, 3.63) is 12.2 Å². The molecule has 0 aromatic rings. The topological polar surface area (TPSA) is 66.8 Å². The Labute approximate surface area is 107 Å². The standard InChI is InChI=1S/C13H21NO4/c1-8(2)7-9(3)11(15)10(4)12(16)14-5-6-18-13(14)17/h9-11,15H,1,5-7H2,2-4H3/t9-,10+,11-/m0/s1. The minimum absolute atomic E-state index is 0.0694. The van der Waals surface area contributed by atoms with Gasteiger partial charge in [0.1, 0.15) is 6.61 Å². The van der Waals surface area contributed by atoms with Crippen LogP contribution in [-0.4, -0.2) is 41.3 Å². The first-order valence-corrected chi connectivity index (χ1v) is 6.15. The minimum Gasteiger partial charge on any atom is -0.447 e. The number of carbonyl (C=O) groups excluding carboxylic acids is 2. The highest BCUT2D eigenvalue weighted by atomic mass is 16.6. The first kappa shape index (κ1) is 14.7. The lowest BCUT2D eigenvalue weighted by molar-refractivity contribution is -0.136. The lowest BCUT2D eigenvalue weighted by atomic mass is 9.88. The van der Waals surface area contributed by atoms with Crippen LogP contribution < -0.4 is 0 Å². The summed E-state index contributed by atoms with van der Waals surface area (Å²) in [5.74, 6) is -1.07. The first-order chi connectivity index (χ1) is 8.34. The van der Waals surface area contributed by atoms with Gasteiger partial charge in [0.05, 0.1) is 18.6 Å². The van der Waals surface area contributed by atoms with Crippen LogP contribution in [0.25, 0.3) is 0 Å². The first-order valence-electron chi connectivity index (χ1n) is 6.15. The van der Waals surface area contributed by atoms with Gasteiger partial charge in [-0.05, 0) is 19.3 Å². The Morgan fingerprint density at radius 2 is 2.17 bits per heavy atom. The van der Waals surface area contributed by atoms with Gasteiger partial charge in [0.2, 0.25) is 5.91 Å². The highest BCUT2D eigenvalue weighted by Gasteiger charge is 2.35. The average Bonchev–Trinajstić information content (AvgIpc) is 2.71. The second-order valence-electron chi connectivity index (χ2n) is 5.02. The van der Waals surface area contributed by atoms with Gasteiger partial charge < -0.3 is 9.84 Å². The van der Waals surface area contributed by atoms with E-state index in [0.29, 0.717) is 6.42 Å². The van der Waals surface area contributed by atoms with Crippen molar-refractivity contribution < 1.29 is 19.4 Å². The van der Waals surface area contributed by atoms with E-state index in [2.05, 4.69) is 6.58 Å². The number of aliphatic hydroxyl groups is 1. The summed E-state index contributed by atoms with van der Waals surface area (Å²) >= 11 is 0. The SMILES string of the molecule is C=C(C)C[C@H](C)[C@H](O)[C@@H](C)C(=O)N1CCOC1=O. The molecule has 0 bridgehead atoms. The number of ether oxygens (including phenoxy) is 1. The summed E-state index contributed by atoms with van der Waals surface area (Å²) < 4.78 is 4.71. The maximum Gasteiger partial charge on any atom is 0.416 e. The Kier molecular flexibility index (Phi) is 4.90. The maximum absolute atomic E-state index is 12.0. The molecule has 1 heterocycles. The van der Waals surface area contributed by atoms with Crippen molar-refractivity contribution in [2.45, 2.75) is 33.3 Å². The average molecular weight is 255 g/mol. The number of cyclic esters (lactones) is 1. The molecule has 18 heavy (non-hydrogen) atoms. The van der Waals surface area contributed by atoms with Gasteiger partial charge in [0.25, 0.3) is 0 Å². The van der Waals surface area contributed by atoms with Crippen LogP contribution in [0.4, 0.5) is 4.79 Å². The van der Waals surface area contributed by atoms with E-state index in [1.807, 2.05) is 13.8 Å². The summed E-state index contributed by atoms with van der Waals surface area (Å²) in [7, 11) is 0. The Morgan fingerprint density at radius 3 is 2.61 bits per heavy atom. The zero-order valence-corrected chi connectivity index (χ0v) is 11.2. The van der Waals surface area contributed by atoms with Gasteiger partial charge in [-0.1, -0.05) is 19.4 Å². The third-order valence-electron chi connectivity index (χ3n) is 3.18. The number of nitrogens with zero attached hydrogens (tertiary/aromatic N) is 1. The number of hydrogen-bond donors (Lipinski definition) is 1. The number of hydrogen-bond acceptors (Lipinski definition) is 4. The fraction of sp³-hybridized carbons (Fsp3) is 0.692. The van der Waals surface area contributed by atoms with Crippen LogP contribution in [0.1, 0.15) is 27.2 Å². The molecule has 1 aliphatic rings. The largest absolute Gasteiger partial charge is 0.447 e. The lowest BCUT2D eigenvalue weighted by Crippen LogP contribution is -2.42. The Morgan fingerprint density at radius 1 is 1.56 bits per heavy atom. The maximum atomic E-state index is 12.0. The van der Waals surface area contributed by atoms with Crippen molar-refractivity contribution in [1.82, 2.24) is 4.90 Å². The number of carbonyl (C=O) groups is 2. The van der Waals surface area contributed by atoms with Crippen LogP contribution in [0, 0.1) is 11.8 Å². The number of aliphatic hydroxyl groups excluding tert-OH is 1. The van der Waals surface area contributed by atoms with Crippen molar-refractivity contribution >= 4 is 12.0 Å². The van der Waals surface area contributed by atoms with E-state index in [4.69, 9.17) is 4.74 Å². The molecule has 0 aromatic heterocycles. The molecule has 5 heteroatoms. The molecule has 0 saturated carbocycles. The van der Waals surface area contributed by atoms with Crippen molar-refractivity contribution in [3.8, 4) is 0 Å². The van der Waals surface area contributed by atoms with Gasteiger partial charge in [-0.15, -0.1) is 6.58 Å². The van der Waals surface area contributed by atoms with Crippen molar-refractivity contribution in [1.29, 1.82) is 0 Å². The van der Waals surface area contributed by atoms with E-state index in [0.717, 1.165) is 10.5 Å². The van der Waals surface area contributed by atoms with Crippen LogP contribution in [0.15, 0.2) is 12.2 Å². The second kappa shape index (κ2) is 6.00. The van der Waals surface area contributed by atoms with Crippen molar-refractivity contribution in [3.63, 3.8) is 0 Å². The molecule has 1 aliphatic heterocycles. The molecular weight excluding hydrogens is 234 g/mol. The second-order valence-corrected chi connectivity index (χ2v) is 5.02. The third-order valence-corrected chi connectivity index (χ3v) is 3.18. The highest BCUT2D eigenvalue weighted by Crippen LogP contribution is 2.22. The van der Waals surface area contributed by atoms with Crippen LogP contribution in [0.5, 0.6) is 0 Å². The third kappa shape index (κ3) is 3.32. The number of rotatable bonds is 5. The smallest absolute Gasteiger partial charge is 0.416 e. The molecule has 0 aromatic carbocycles. The van der Waals surface area contributed by atoms with Gasteiger partial charge in [-0.2, -0.15) is 0 Å². The molecule has 1 saturated heterocycles. The monoisotopic (exact) mass is 255 g/mol.